The molecule has 2 aliphatic rings. The molecule has 2 heterocycles. The third kappa shape index (κ3) is 2.97. The highest BCUT2D eigenvalue weighted by molar-refractivity contribution is 7.90. The van der Waals surface area contributed by atoms with Crippen LogP contribution in [0.1, 0.15) is 12.8 Å². The minimum Gasteiger partial charge on any atom is -0.378 e. The number of ether oxygens (including phenoxy) is 2. The standard InChI is InChI=1S/C10H20N2O4S/c1-15-10(3-5-16-8-10)7-12-17(13,14)9-2-4-11-6-9/h9,11-12H,2-8H2,1H3. The van der Waals surface area contributed by atoms with Crippen LogP contribution in [0.25, 0.3) is 0 Å². The van der Waals surface area contributed by atoms with Gasteiger partial charge < -0.3 is 14.8 Å². The van der Waals surface area contributed by atoms with Gasteiger partial charge in [-0.25, -0.2) is 13.1 Å². The Morgan fingerprint density at radius 1 is 1.59 bits per heavy atom. The van der Waals surface area contributed by atoms with Gasteiger partial charge in [-0.1, -0.05) is 0 Å². The summed E-state index contributed by atoms with van der Waals surface area (Å²) < 4.78 is 37.3. The second-order valence-electron chi connectivity index (χ2n) is 4.67. The Balaban J connectivity index is 1.92. The summed E-state index contributed by atoms with van der Waals surface area (Å²) in [6.45, 7) is 2.67. The molecular weight excluding hydrogens is 244 g/mol. The molecule has 0 saturated carbocycles. The molecule has 0 amide bonds. The molecule has 0 bridgehead atoms. The average Bonchev–Trinajstić information content (AvgIpc) is 2.99. The molecule has 0 aromatic heterocycles. The third-order valence-corrected chi connectivity index (χ3v) is 5.38. The molecule has 7 heteroatoms. The number of rotatable bonds is 5. The summed E-state index contributed by atoms with van der Waals surface area (Å²) in [4.78, 5) is 0. The van der Waals surface area contributed by atoms with Crippen LogP contribution in [0.4, 0.5) is 0 Å². The molecule has 0 spiro atoms. The molecule has 2 saturated heterocycles. The van der Waals surface area contributed by atoms with Crippen LogP contribution >= 0.6 is 0 Å². The topological polar surface area (TPSA) is 76.7 Å². The molecule has 0 radical (unpaired) electrons. The van der Waals surface area contributed by atoms with Crippen molar-refractivity contribution in [2.45, 2.75) is 23.7 Å². The van der Waals surface area contributed by atoms with E-state index in [-0.39, 0.29) is 5.25 Å². The van der Waals surface area contributed by atoms with Crippen LogP contribution in [-0.2, 0) is 19.5 Å². The van der Waals surface area contributed by atoms with Crippen molar-refractivity contribution in [1.82, 2.24) is 10.0 Å². The largest absolute Gasteiger partial charge is 0.378 e. The van der Waals surface area contributed by atoms with Gasteiger partial charge in [0.25, 0.3) is 0 Å². The molecular formula is C10H20N2O4S. The lowest BCUT2D eigenvalue weighted by molar-refractivity contribution is -0.0121. The molecule has 0 aromatic rings. The van der Waals surface area contributed by atoms with Crippen molar-refractivity contribution in [1.29, 1.82) is 0 Å². The Hall–Kier alpha value is -0.210. The highest BCUT2D eigenvalue weighted by atomic mass is 32.2. The van der Waals surface area contributed by atoms with Crippen LogP contribution in [-0.4, -0.2) is 59.2 Å². The number of methoxy groups -OCH3 is 1. The van der Waals surface area contributed by atoms with Crippen molar-refractivity contribution in [3.63, 3.8) is 0 Å². The minimum atomic E-state index is -3.24. The van der Waals surface area contributed by atoms with Crippen LogP contribution < -0.4 is 10.0 Å². The van der Waals surface area contributed by atoms with Gasteiger partial charge in [0, 0.05) is 33.2 Å². The maximum Gasteiger partial charge on any atom is 0.215 e. The molecule has 0 aliphatic carbocycles. The van der Waals surface area contributed by atoms with Gasteiger partial charge in [-0.3, -0.25) is 0 Å². The molecule has 2 fully saturated rings. The average molecular weight is 264 g/mol. The van der Waals surface area contributed by atoms with E-state index < -0.39 is 15.6 Å². The van der Waals surface area contributed by atoms with Crippen LogP contribution in [0.2, 0.25) is 0 Å². The highest BCUT2D eigenvalue weighted by Crippen LogP contribution is 2.22. The van der Waals surface area contributed by atoms with E-state index in [1.165, 1.54) is 0 Å². The van der Waals surface area contributed by atoms with E-state index in [0.29, 0.717) is 32.7 Å². The first-order chi connectivity index (χ1) is 8.08. The van der Waals surface area contributed by atoms with Gasteiger partial charge in [-0.15, -0.1) is 0 Å². The quantitative estimate of drug-likeness (QED) is 0.671. The van der Waals surface area contributed by atoms with E-state index in [9.17, 15) is 8.42 Å². The molecule has 2 rings (SSSR count). The fraction of sp³-hybridized carbons (Fsp3) is 1.00. The fourth-order valence-corrected chi connectivity index (χ4v) is 3.67. The second-order valence-corrected chi connectivity index (χ2v) is 6.72. The van der Waals surface area contributed by atoms with Crippen LogP contribution in [0.5, 0.6) is 0 Å². The Labute approximate surface area is 102 Å². The number of hydrogen-bond donors (Lipinski definition) is 2. The van der Waals surface area contributed by atoms with Gasteiger partial charge in [0.05, 0.1) is 11.9 Å². The van der Waals surface area contributed by atoms with E-state index in [2.05, 4.69) is 10.0 Å². The summed E-state index contributed by atoms with van der Waals surface area (Å²) in [7, 11) is -1.65. The Morgan fingerprint density at radius 3 is 2.94 bits per heavy atom. The zero-order valence-corrected chi connectivity index (χ0v) is 10.9. The van der Waals surface area contributed by atoms with Crippen molar-refractivity contribution in [2.75, 3.05) is 40.0 Å². The highest BCUT2D eigenvalue weighted by Gasteiger charge is 2.37. The van der Waals surface area contributed by atoms with Gasteiger partial charge in [0.15, 0.2) is 0 Å². The first kappa shape index (κ1) is 13.2. The maximum absolute atomic E-state index is 12.0. The molecule has 100 valence electrons. The molecule has 2 aliphatic heterocycles. The van der Waals surface area contributed by atoms with Crippen molar-refractivity contribution < 1.29 is 17.9 Å². The summed E-state index contributed by atoms with van der Waals surface area (Å²) in [5.74, 6) is 0. The Kier molecular flexibility index (Phi) is 4.04. The predicted octanol–water partition coefficient (Wildman–Crippen LogP) is -0.927. The van der Waals surface area contributed by atoms with E-state index in [0.717, 1.165) is 13.0 Å². The first-order valence-corrected chi connectivity index (χ1v) is 7.45. The lowest BCUT2D eigenvalue weighted by Gasteiger charge is -2.26. The van der Waals surface area contributed by atoms with E-state index in [4.69, 9.17) is 9.47 Å². The molecule has 2 atom stereocenters. The minimum absolute atomic E-state index is 0.294. The van der Waals surface area contributed by atoms with Gasteiger partial charge in [0.2, 0.25) is 10.0 Å². The van der Waals surface area contributed by atoms with Crippen LogP contribution in [0.15, 0.2) is 0 Å². The summed E-state index contributed by atoms with van der Waals surface area (Å²) in [5, 5.41) is 2.73. The van der Waals surface area contributed by atoms with Gasteiger partial charge >= 0.3 is 0 Å². The van der Waals surface area contributed by atoms with Gasteiger partial charge in [-0.2, -0.15) is 0 Å². The van der Waals surface area contributed by atoms with Crippen molar-refractivity contribution in [2.24, 2.45) is 0 Å². The number of hydrogen-bond acceptors (Lipinski definition) is 5. The monoisotopic (exact) mass is 264 g/mol. The molecule has 6 nitrogen and oxygen atoms in total. The van der Waals surface area contributed by atoms with E-state index >= 15 is 0 Å². The maximum atomic E-state index is 12.0. The Bertz CT molecular complexity index is 345. The lowest BCUT2D eigenvalue weighted by atomic mass is 10.0. The Morgan fingerprint density at radius 2 is 2.41 bits per heavy atom. The smallest absolute Gasteiger partial charge is 0.215 e. The van der Waals surface area contributed by atoms with Crippen LogP contribution in [0, 0.1) is 0 Å². The summed E-state index contributed by atoms with van der Waals surface area (Å²) in [5.41, 5.74) is -0.487. The SMILES string of the molecule is COC1(CNS(=O)(=O)C2CCNC2)CCOC1. The number of nitrogens with one attached hydrogen (secondary N) is 2. The molecule has 2 N–H and O–H groups in total. The second kappa shape index (κ2) is 5.19. The van der Waals surface area contributed by atoms with Gasteiger partial charge in [0.1, 0.15) is 5.60 Å². The summed E-state index contributed by atoms with van der Waals surface area (Å²) in [6.07, 6.45) is 1.40. The zero-order chi connectivity index (χ0) is 12.4. The van der Waals surface area contributed by atoms with Crippen molar-refractivity contribution in [3.05, 3.63) is 0 Å². The summed E-state index contributed by atoms with van der Waals surface area (Å²) in [6, 6.07) is 0. The third-order valence-electron chi connectivity index (χ3n) is 3.55. The normalized spacial score (nSPS) is 34.3. The summed E-state index contributed by atoms with van der Waals surface area (Å²) >= 11 is 0. The van der Waals surface area contributed by atoms with Crippen molar-refractivity contribution >= 4 is 10.0 Å². The lowest BCUT2D eigenvalue weighted by Crippen LogP contribution is -2.47. The van der Waals surface area contributed by atoms with E-state index in [1.807, 2.05) is 0 Å². The zero-order valence-electron chi connectivity index (χ0n) is 10.1. The first-order valence-electron chi connectivity index (χ1n) is 5.90. The predicted molar refractivity (Wildman–Crippen MR) is 63.4 cm³/mol. The molecule has 0 aromatic carbocycles. The van der Waals surface area contributed by atoms with Crippen molar-refractivity contribution in [3.8, 4) is 0 Å². The number of sulfonamides is 1. The molecule has 17 heavy (non-hydrogen) atoms. The van der Waals surface area contributed by atoms with E-state index in [1.54, 1.807) is 7.11 Å². The molecule has 2 unspecified atom stereocenters. The van der Waals surface area contributed by atoms with Crippen LogP contribution in [0.3, 0.4) is 0 Å². The fourth-order valence-electron chi connectivity index (χ4n) is 2.20. The van der Waals surface area contributed by atoms with Gasteiger partial charge in [-0.05, 0) is 13.0 Å².